The van der Waals surface area contributed by atoms with Gasteiger partial charge in [-0.05, 0) is 30.9 Å². The van der Waals surface area contributed by atoms with Crippen LogP contribution in [-0.4, -0.2) is 58.2 Å². The summed E-state index contributed by atoms with van der Waals surface area (Å²) in [5.74, 6) is 0.520. The van der Waals surface area contributed by atoms with Gasteiger partial charge in [0.25, 0.3) is 11.8 Å². The molecule has 0 radical (unpaired) electrons. The third-order valence-electron chi connectivity index (χ3n) is 4.61. The van der Waals surface area contributed by atoms with Crippen LogP contribution in [-0.2, 0) is 7.05 Å². The van der Waals surface area contributed by atoms with E-state index >= 15 is 0 Å². The summed E-state index contributed by atoms with van der Waals surface area (Å²) in [6, 6.07) is 3.46. The number of pyridine rings is 1. The molecule has 0 saturated carbocycles. The molecule has 1 aliphatic rings. The van der Waals surface area contributed by atoms with Crippen LogP contribution in [0.3, 0.4) is 0 Å². The highest BCUT2D eigenvalue weighted by molar-refractivity contribution is 5.96. The van der Waals surface area contributed by atoms with E-state index in [2.05, 4.69) is 15.4 Å². The zero-order valence-electron chi connectivity index (χ0n) is 15.0. The number of hydrogen-bond donors (Lipinski definition) is 1. The number of piperidine rings is 1. The highest BCUT2D eigenvalue weighted by atomic mass is 16.5. The summed E-state index contributed by atoms with van der Waals surface area (Å²) < 4.78 is 6.67. The van der Waals surface area contributed by atoms with Crippen LogP contribution in [0.25, 0.3) is 0 Å². The minimum atomic E-state index is -0.190. The minimum Gasteiger partial charge on any atom is -0.479 e. The summed E-state index contributed by atoms with van der Waals surface area (Å²) >= 11 is 0. The van der Waals surface area contributed by atoms with Gasteiger partial charge in [0.1, 0.15) is 5.56 Å². The minimum absolute atomic E-state index is 0.0370. The van der Waals surface area contributed by atoms with Crippen molar-refractivity contribution in [2.24, 2.45) is 13.0 Å². The first-order chi connectivity index (χ1) is 12.6. The van der Waals surface area contributed by atoms with E-state index in [-0.39, 0.29) is 11.8 Å². The molecule has 0 aliphatic carbocycles. The molecule has 8 nitrogen and oxygen atoms in total. The zero-order valence-corrected chi connectivity index (χ0v) is 15.0. The third kappa shape index (κ3) is 4.01. The first-order valence-electron chi connectivity index (χ1n) is 8.63. The van der Waals surface area contributed by atoms with Gasteiger partial charge in [0.2, 0.25) is 5.88 Å². The normalized spacial score (nSPS) is 14.9. The Bertz CT molecular complexity index is 766. The average Bonchev–Trinajstić information content (AvgIpc) is 3.07. The maximum atomic E-state index is 12.4. The Hall–Kier alpha value is -2.90. The van der Waals surface area contributed by atoms with Crippen molar-refractivity contribution in [1.82, 2.24) is 25.0 Å². The van der Waals surface area contributed by atoms with Gasteiger partial charge in [-0.15, -0.1) is 5.10 Å². The van der Waals surface area contributed by atoms with Crippen LogP contribution in [0, 0.1) is 5.92 Å². The Balaban J connectivity index is 1.48. The van der Waals surface area contributed by atoms with Gasteiger partial charge in [-0.25, -0.2) is 0 Å². The van der Waals surface area contributed by atoms with E-state index in [1.165, 1.54) is 7.11 Å². The van der Waals surface area contributed by atoms with Gasteiger partial charge in [-0.2, -0.15) is 0 Å². The lowest BCUT2D eigenvalue weighted by atomic mass is 9.96. The Labute approximate surface area is 152 Å². The molecule has 0 atom stereocenters. The lowest BCUT2D eigenvalue weighted by molar-refractivity contribution is 0.0684. The Morgan fingerprint density at radius 3 is 2.62 bits per heavy atom. The van der Waals surface area contributed by atoms with Gasteiger partial charge in [-0.1, -0.05) is 0 Å². The van der Waals surface area contributed by atoms with Crippen LogP contribution in [0.15, 0.2) is 30.7 Å². The van der Waals surface area contributed by atoms with E-state index in [1.54, 1.807) is 42.5 Å². The van der Waals surface area contributed by atoms with Crippen LogP contribution in [0.4, 0.5) is 0 Å². The number of nitrogens with one attached hydrogen (secondary N) is 1. The third-order valence-corrected chi connectivity index (χ3v) is 4.61. The van der Waals surface area contributed by atoms with Crippen molar-refractivity contribution in [2.75, 3.05) is 26.7 Å². The lowest BCUT2D eigenvalue weighted by Gasteiger charge is -2.32. The van der Waals surface area contributed by atoms with E-state index in [0.29, 0.717) is 42.6 Å². The molecule has 2 amide bonds. The predicted octanol–water partition coefficient (Wildman–Crippen LogP) is 1.11. The maximum Gasteiger partial charge on any atom is 0.258 e. The number of methoxy groups -OCH3 is 1. The molecule has 8 heteroatoms. The number of rotatable bonds is 5. The molecular weight excluding hydrogens is 334 g/mol. The summed E-state index contributed by atoms with van der Waals surface area (Å²) in [7, 11) is 3.24. The number of aromatic nitrogens is 3. The summed E-state index contributed by atoms with van der Waals surface area (Å²) in [4.78, 5) is 30.6. The molecule has 1 fully saturated rings. The van der Waals surface area contributed by atoms with Crippen molar-refractivity contribution in [3.05, 3.63) is 41.9 Å². The molecule has 138 valence electrons. The first-order valence-corrected chi connectivity index (χ1v) is 8.63. The van der Waals surface area contributed by atoms with Gasteiger partial charge >= 0.3 is 0 Å². The van der Waals surface area contributed by atoms with Crippen LogP contribution >= 0.6 is 0 Å². The fourth-order valence-electron chi connectivity index (χ4n) is 3.12. The van der Waals surface area contributed by atoms with Crippen LogP contribution in [0.2, 0.25) is 0 Å². The molecular formula is C18H23N5O3. The molecule has 2 aromatic rings. The highest BCUT2D eigenvalue weighted by Crippen LogP contribution is 2.19. The molecule has 0 unspecified atom stereocenters. The Morgan fingerprint density at radius 2 is 1.96 bits per heavy atom. The average molecular weight is 357 g/mol. The highest BCUT2D eigenvalue weighted by Gasteiger charge is 2.24. The van der Waals surface area contributed by atoms with E-state index in [9.17, 15) is 9.59 Å². The molecule has 3 heterocycles. The van der Waals surface area contributed by atoms with Gasteiger partial charge in [0.05, 0.1) is 7.11 Å². The number of carbonyl (C=O) groups excluding carboxylic acids is 2. The molecule has 1 saturated heterocycles. The van der Waals surface area contributed by atoms with Crippen molar-refractivity contribution in [3.63, 3.8) is 0 Å². The molecule has 1 aliphatic heterocycles. The second kappa shape index (κ2) is 7.99. The van der Waals surface area contributed by atoms with Gasteiger partial charge < -0.3 is 15.0 Å². The molecule has 3 rings (SSSR count). The second-order valence-electron chi connectivity index (χ2n) is 6.41. The Morgan fingerprint density at radius 1 is 1.27 bits per heavy atom. The molecule has 0 bridgehead atoms. The molecule has 26 heavy (non-hydrogen) atoms. The van der Waals surface area contributed by atoms with E-state index in [4.69, 9.17) is 4.74 Å². The van der Waals surface area contributed by atoms with E-state index in [0.717, 1.165) is 12.8 Å². The smallest absolute Gasteiger partial charge is 0.258 e. The van der Waals surface area contributed by atoms with Crippen LogP contribution < -0.4 is 10.1 Å². The summed E-state index contributed by atoms with van der Waals surface area (Å²) in [6.45, 7) is 1.96. The number of likely N-dealkylation sites (tertiary alicyclic amines) is 1. The number of hydrogen-bond acceptors (Lipinski definition) is 5. The maximum absolute atomic E-state index is 12.4. The Kier molecular flexibility index (Phi) is 5.50. The van der Waals surface area contributed by atoms with Crippen molar-refractivity contribution >= 4 is 11.8 Å². The van der Waals surface area contributed by atoms with Crippen molar-refractivity contribution in [2.45, 2.75) is 12.8 Å². The fraction of sp³-hybridized carbons (Fsp3) is 0.444. The summed E-state index contributed by atoms with van der Waals surface area (Å²) in [5.41, 5.74) is 1.09. The van der Waals surface area contributed by atoms with Gasteiger partial charge in [0, 0.05) is 50.8 Å². The van der Waals surface area contributed by atoms with Crippen LogP contribution in [0.1, 0.15) is 33.6 Å². The van der Waals surface area contributed by atoms with Gasteiger partial charge in [0.15, 0.2) is 0 Å². The summed E-state index contributed by atoms with van der Waals surface area (Å²) in [6.07, 6.45) is 6.62. The second-order valence-corrected chi connectivity index (χ2v) is 6.41. The monoisotopic (exact) mass is 357 g/mol. The summed E-state index contributed by atoms with van der Waals surface area (Å²) in [5, 5.41) is 7.04. The zero-order chi connectivity index (χ0) is 18.5. The molecule has 2 aromatic heterocycles. The number of amides is 2. The van der Waals surface area contributed by atoms with Crippen molar-refractivity contribution < 1.29 is 14.3 Å². The molecule has 0 spiro atoms. The fourth-order valence-corrected chi connectivity index (χ4v) is 3.12. The topological polar surface area (TPSA) is 89.4 Å². The lowest BCUT2D eigenvalue weighted by Crippen LogP contribution is -2.41. The van der Waals surface area contributed by atoms with E-state index < -0.39 is 0 Å². The largest absolute Gasteiger partial charge is 0.479 e. The SMILES string of the molecule is COc1nn(C)cc1C(=O)NCC1CCN(C(=O)c2ccncc2)CC1. The molecule has 0 aromatic carbocycles. The predicted molar refractivity (Wildman–Crippen MR) is 95.0 cm³/mol. The van der Waals surface area contributed by atoms with Crippen molar-refractivity contribution in [1.29, 1.82) is 0 Å². The number of nitrogens with zero attached hydrogens (tertiary/aromatic N) is 4. The first kappa shape index (κ1) is 17.9. The van der Waals surface area contributed by atoms with E-state index in [1.807, 2.05) is 4.90 Å². The molecule has 1 N–H and O–H groups in total. The van der Waals surface area contributed by atoms with Crippen molar-refractivity contribution in [3.8, 4) is 5.88 Å². The van der Waals surface area contributed by atoms with Crippen LogP contribution in [0.5, 0.6) is 5.88 Å². The number of ether oxygens (including phenoxy) is 1. The standard InChI is InChI=1S/C18H23N5O3/c1-22-12-15(17(21-22)26-2)16(24)20-11-13-5-9-23(10-6-13)18(25)14-3-7-19-8-4-14/h3-4,7-8,12-13H,5-6,9-11H2,1-2H3,(H,20,24). The number of carbonyl (C=O) groups is 2. The van der Waals surface area contributed by atoms with Gasteiger partial charge in [-0.3, -0.25) is 19.3 Å². The quantitative estimate of drug-likeness (QED) is 0.866. The number of aryl methyl sites for hydroxylation is 1.